The molecule has 0 aromatic heterocycles. The van der Waals surface area contributed by atoms with Crippen LogP contribution >= 0.6 is 0 Å². The van der Waals surface area contributed by atoms with E-state index in [2.05, 4.69) is 12.2 Å². The Hall–Kier alpha value is 0.430. The van der Waals surface area contributed by atoms with Gasteiger partial charge in [-0.1, -0.05) is 64.7 Å². The van der Waals surface area contributed by atoms with Crippen LogP contribution in [0.4, 0.5) is 5.69 Å². The number of rotatable bonds is 15. The van der Waals surface area contributed by atoms with Crippen molar-refractivity contribution in [1.29, 1.82) is 0 Å². The van der Waals surface area contributed by atoms with E-state index in [1.54, 1.807) is 0 Å². The minimum Gasteiger partial charge on any atom is -0.545 e. The second kappa shape index (κ2) is 21.0. The van der Waals surface area contributed by atoms with Crippen molar-refractivity contribution in [2.24, 2.45) is 0 Å². The smallest absolute Gasteiger partial charge is 0.545 e. The first-order valence-electron chi connectivity index (χ1n) is 9.94. The molecule has 0 amide bonds. The summed E-state index contributed by atoms with van der Waals surface area (Å²) in [6.07, 6.45) is 11.8. The molecule has 7 nitrogen and oxygen atoms in total. The van der Waals surface area contributed by atoms with Gasteiger partial charge in [0.2, 0.25) is 0 Å². The summed E-state index contributed by atoms with van der Waals surface area (Å²) < 4.78 is 0. The maximum atomic E-state index is 11.2. The Morgan fingerprint density at radius 3 is 1.42 bits per heavy atom. The Morgan fingerprint density at radius 1 is 0.677 bits per heavy atom. The number of aromatic carboxylic acids is 3. The molecule has 0 fully saturated rings. The third-order valence-electron chi connectivity index (χ3n) is 4.64. The predicted octanol–water partition coefficient (Wildman–Crippen LogP) is -7.88. The van der Waals surface area contributed by atoms with E-state index in [9.17, 15) is 29.7 Å². The Kier molecular flexibility index (Phi) is 24.4. The topological polar surface area (TPSA) is 132 Å². The van der Waals surface area contributed by atoms with Crippen molar-refractivity contribution in [1.82, 2.24) is 0 Å². The SMILES string of the molecule is CCCCCCCCCCCCNc1cc(C(=O)[O-])c(C(=O)[O-])c(C(=O)[O-])c1.[Na+].[Na+].[Na+]. The van der Waals surface area contributed by atoms with Gasteiger partial charge in [-0.3, -0.25) is 0 Å². The van der Waals surface area contributed by atoms with Crippen LogP contribution in [0.5, 0.6) is 0 Å². The van der Waals surface area contributed by atoms with Crippen LogP contribution in [-0.4, -0.2) is 24.5 Å². The monoisotopic (exact) mass is 459 g/mol. The quantitative estimate of drug-likeness (QED) is 0.204. The van der Waals surface area contributed by atoms with E-state index in [1.165, 1.54) is 44.9 Å². The van der Waals surface area contributed by atoms with Gasteiger partial charge in [-0.15, -0.1) is 0 Å². The molecular weight excluding hydrogens is 431 g/mol. The summed E-state index contributed by atoms with van der Waals surface area (Å²) in [4.78, 5) is 33.4. The number of hydrogen-bond acceptors (Lipinski definition) is 7. The van der Waals surface area contributed by atoms with Gasteiger partial charge in [-0.2, -0.15) is 0 Å². The number of carbonyl (C=O) groups excluding carboxylic acids is 3. The molecule has 0 aliphatic carbocycles. The molecule has 0 saturated carbocycles. The van der Waals surface area contributed by atoms with E-state index in [-0.39, 0.29) is 94.4 Å². The van der Waals surface area contributed by atoms with Crippen molar-refractivity contribution < 1.29 is 118 Å². The number of anilines is 1. The van der Waals surface area contributed by atoms with Crippen LogP contribution in [0, 0.1) is 0 Å². The number of hydrogen-bond donors (Lipinski definition) is 1. The fraction of sp³-hybridized carbons (Fsp3) is 0.571. The van der Waals surface area contributed by atoms with Gasteiger partial charge in [0, 0.05) is 28.9 Å². The van der Waals surface area contributed by atoms with Crippen LogP contribution in [-0.2, 0) is 0 Å². The van der Waals surface area contributed by atoms with Crippen LogP contribution in [0.3, 0.4) is 0 Å². The molecule has 0 aliphatic heterocycles. The molecule has 0 atom stereocenters. The van der Waals surface area contributed by atoms with Gasteiger partial charge in [0.25, 0.3) is 0 Å². The fourth-order valence-corrected chi connectivity index (χ4v) is 3.13. The summed E-state index contributed by atoms with van der Waals surface area (Å²) in [7, 11) is 0. The molecular formula is C21H28NNa3O6. The zero-order chi connectivity index (χ0) is 20.9. The molecule has 10 heteroatoms. The number of benzene rings is 1. The molecule has 156 valence electrons. The molecule has 1 rings (SSSR count). The average Bonchev–Trinajstić information content (AvgIpc) is 2.65. The number of carboxylic acids is 3. The van der Waals surface area contributed by atoms with Crippen molar-refractivity contribution in [3.05, 3.63) is 28.8 Å². The van der Waals surface area contributed by atoms with Crippen molar-refractivity contribution in [2.75, 3.05) is 11.9 Å². The Morgan fingerprint density at radius 2 is 1.06 bits per heavy atom. The second-order valence-corrected chi connectivity index (χ2v) is 6.92. The number of nitrogens with one attached hydrogen (secondary N) is 1. The van der Waals surface area contributed by atoms with Gasteiger partial charge in [-0.25, -0.2) is 0 Å². The molecule has 0 radical (unpaired) electrons. The van der Waals surface area contributed by atoms with E-state index in [4.69, 9.17) is 0 Å². The standard InChI is InChI=1S/C21H31NO6.3Na/c1-2-3-4-5-6-7-8-9-10-11-12-22-15-13-16(19(23)24)18(21(27)28)17(14-15)20(25)26;;;/h13-14,22H,2-12H2,1H3,(H,23,24)(H,25,26)(H,27,28);;;/q;3*+1/p-3. The summed E-state index contributed by atoms with van der Waals surface area (Å²) in [6.45, 7) is 2.71. The van der Waals surface area contributed by atoms with Crippen LogP contribution in [0.2, 0.25) is 0 Å². The van der Waals surface area contributed by atoms with E-state index < -0.39 is 34.6 Å². The largest absolute Gasteiger partial charge is 1.00 e. The van der Waals surface area contributed by atoms with Crippen molar-refractivity contribution in [2.45, 2.75) is 71.1 Å². The third-order valence-corrected chi connectivity index (χ3v) is 4.64. The summed E-state index contributed by atoms with van der Waals surface area (Å²) in [5.74, 6) is -5.48. The van der Waals surface area contributed by atoms with E-state index in [0.29, 0.717) is 6.54 Å². The molecule has 1 aromatic rings. The van der Waals surface area contributed by atoms with Gasteiger partial charge in [0.1, 0.15) is 0 Å². The van der Waals surface area contributed by atoms with Crippen LogP contribution < -0.4 is 109 Å². The molecule has 0 unspecified atom stereocenters. The zero-order valence-corrected chi connectivity index (χ0v) is 25.4. The van der Waals surface area contributed by atoms with E-state index in [0.717, 1.165) is 31.4 Å². The van der Waals surface area contributed by atoms with Crippen LogP contribution in [0.1, 0.15) is 102 Å². The third kappa shape index (κ3) is 14.3. The van der Waals surface area contributed by atoms with Crippen molar-refractivity contribution in [3.63, 3.8) is 0 Å². The molecule has 1 aromatic carbocycles. The summed E-state index contributed by atoms with van der Waals surface area (Å²) in [5.41, 5.74) is -2.23. The predicted molar refractivity (Wildman–Crippen MR) is 99.8 cm³/mol. The first-order valence-corrected chi connectivity index (χ1v) is 9.94. The van der Waals surface area contributed by atoms with Crippen molar-refractivity contribution in [3.8, 4) is 0 Å². The first kappa shape index (κ1) is 36.0. The molecule has 0 spiro atoms. The summed E-state index contributed by atoms with van der Waals surface area (Å²) in [5, 5.41) is 36.4. The molecule has 0 heterocycles. The average molecular weight is 459 g/mol. The molecule has 1 N–H and O–H groups in total. The van der Waals surface area contributed by atoms with Crippen molar-refractivity contribution >= 4 is 23.6 Å². The van der Waals surface area contributed by atoms with E-state index in [1.807, 2.05) is 0 Å². The Labute approximate surface area is 251 Å². The van der Waals surface area contributed by atoms with Crippen LogP contribution in [0.25, 0.3) is 0 Å². The molecule has 0 bridgehead atoms. The van der Waals surface area contributed by atoms with Crippen LogP contribution in [0.15, 0.2) is 12.1 Å². The molecule has 31 heavy (non-hydrogen) atoms. The Balaban J connectivity index is -0.00000261. The van der Waals surface area contributed by atoms with Gasteiger partial charge in [-0.05, 0) is 18.6 Å². The normalized spacial score (nSPS) is 9.58. The fourth-order valence-electron chi connectivity index (χ4n) is 3.13. The molecule has 0 saturated heterocycles. The van der Waals surface area contributed by atoms with Gasteiger partial charge in [0.15, 0.2) is 0 Å². The number of carbonyl (C=O) groups is 3. The minimum atomic E-state index is -1.90. The minimum absolute atomic E-state index is 0. The first-order chi connectivity index (χ1) is 13.4. The van der Waals surface area contributed by atoms with Gasteiger partial charge >= 0.3 is 88.7 Å². The summed E-state index contributed by atoms with van der Waals surface area (Å²) >= 11 is 0. The summed E-state index contributed by atoms with van der Waals surface area (Å²) in [6, 6.07) is 2.09. The number of unbranched alkanes of at least 4 members (excludes halogenated alkanes) is 9. The van der Waals surface area contributed by atoms with E-state index >= 15 is 0 Å². The second-order valence-electron chi connectivity index (χ2n) is 6.92. The van der Waals surface area contributed by atoms with Gasteiger partial charge < -0.3 is 35.0 Å². The maximum Gasteiger partial charge on any atom is 1.00 e. The molecule has 0 aliphatic rings. The van der Waals surface area contributed by atoms with Gasteiger partial charge in [0.05, 0.1) is 17.9 Å². The Bertz CT molecular complexity index is 650. The maximum absolute atomic E-state index is 11.2. The zero-order valence-electron chi connectivity index (χ0n) is 19.4. The number of carboxylic acid groups (broad SMARTS) is 3.